The third kappa shape index (κ3) is 2.51. The van der Waals surface area contributed by atoms with Gasteiger partial charge in [-0.15, -0.1) is 0 Å². The molecule has 19 heavy (non-hydrogen) atoms. The third-order valence-electron chi connectivity index (χ3n) is 5.22. The molecule has 3 atom stereocenters. The molecule has 1 aromatic carbocycles. The first-order chi connectivity index (χ1) is 9.15. The smallest absolute Gasteiger partial charge is 0.0350 e. The van der Waals surface area contributed by atoms with Crippen molar-refractivity contribution in [2.45, 2.75) is 52.1 Å². The van der Waals surface area contributed by atoms with Gasteiger partial charge in [-0.25, -0.2) is 0 Å². The molecular weight excluding hydrogens is 232 g/mol. The second-order valence-electron chi connectivity index (χ2n) is 6.67. The van der Waals surface area contributed by atoms with Gasteiger partial charge < -0.3 is 5.73 Å². The summed E-state index contributed by atoms with van der Waals surface area (Å²) in [6.45, 7) is 7.13. The number of anilines is 1. The van der Waals surface area contributed by atoms with Crippen LogP contribution < -0.4 is 5.73 Å². The van der Waals surface area contributed by atoms with Crippen molar-refractivity contribution in [2.24, 2.45) is 11.8 Å². The fraction of sp³-hybridized carbons (Fsp3) is 0.647. The first kappa shape index (κ1) is 13.0. The van der Waals surface area contributed by atoms with Crippen LogP contribution in [0.25, 0.3) is 0 Å². The van der Waals surface area contributed by atoms with E-state index >= 15 is 0 Å². The quantitative estimate of drug-likeness (QED) is 0.782. The highest BCUT2D eigenvalue weighted by Gasteiger charge is 2.32. The molecule has 0 spiro atoms. The van der Waals surface area contributed by atoms with Crippen LogP contribution in [0.5, 0.6) is 0 Å². The number of hydrogen-bond acceptors (Lipinski definition) is 2. The summed E-state index contributed by atoms with van der Waals surface area (Å²) in [6, 6.07) is 7.18. The SMILES string of the molecule is CC1CCC(C)C(N2CCc3c(N)cccc3C2)C1. The van der Waals surface area contributed by atoms with E-state index in [1.54, 1.807) is 0 Å². The van der Waals surface area contributed by atoms with E-state index in [1.165, 1.54) is 36.9 Å². The molecule has 1 fully saturated rings. The van der Waals surface area contributed by atoms with Crippen molar-refractivity contribution in [3.05, 3.63) is 29.3 Å². The standard InChI is InChI=1S/C17H26N2/c1-12-6-7-13(2)17(10-12)19-9-8-15-14(11-19)4-3-5-16(15)18/h3-5,12-13,17H,6-11,18H2,1-2H3. The first-order valence-electron chi connectivity index (χ1n) is 7.75. The van der Waals surface area contributed by atoms with Crippen LogP contribution in [0.3, 0.4) is 0 Å². The van der Waals surface area contributed by atoms with Crippen molar-refractivity contribution in [1.29, 1.82) is 0 Å². The molecule has 1 saturated carbocycles. The van der Waals surface area contributed by atoms with Gasteiger partial charge in [0.2, 0.25) is 0 Å². The predicted molar refractivity (Wildman–Crippen MR) is 80.9 cm³/mol. The van der Waals surface area contributed by atoms with Crippen molar-refractivity contribution in [2.75, 3.05) is 12.3 Å². The predicted octanol–water partition coefficient (Wildman–Crippen LogP) is 3.45. The van der Waals surface area contributed by atoms with Gasteiger partial charge in [0.05, 0.1) is 0 Å². The molecule has 0 amide bonds. The molecule has 1 heterocycles. The van der Waals surface area contributed by atoms with E-state index < -0.39 is 0 Å². The van der Waals surface area contributed by atoms with Gasteiger partial charge in [-0.3, -0.25) is 4.90 Å². The fourth-order valence-electron chi connectivity index (χ4n) is 3.96. The molecule has 2 heteroatoms. The lowest BCUT2D eigenvalue weighted by Gasteiger charge is -2.43. The number of fused-ring (bicyclic) bond motifs is 1. The van der Waals surface area contributed by atoms with Crippen molar-refractivity contribution >= 4 is 5.69 Å². The Hall–Kier alpha value is -1.02. The number of hydrogen-bond donors (Lipinski definition) is 1. The highest BCUT2D eigenvalue weighted by atomic mass is 15.2. The lowest BCUT2D eigenvalue weighted by Crippen LogP contribution is -2.45. The summed E-state index contributed by atoms with van der Waals surface area (Å²) in [5.74, 6) is 1.74. The van der Waals surface area contributed by atoms with Gasteiger partial charge in [0.25, 0.3) is 0 Å². The average molecular weight is 258 g/mol. The fourth-order valence-corrected chi connectivity index (χ4v) is 3.96. The van der Waals surface area contributed by atoms with Gasteiger partial charge in [-0.1, -0.05) is 32.4 Å². The van der Waals surface area contributed by atoms with Crippen LogP contribution in [0.1, 0.15) is 44.2 Å². The molecule has 2 N–H and O–H groups in total. The lowest BCUT2D eigenvalue weighted by molar-refractivity contribution is 0.0795. The zero-order chi connectivity index (χ0) is 13.4. The summed E-state index contributed by atoms with van der Waals surface area (Å²) in [7, 11) is 0. The summed E-state index contributed by atoms with van der Waals surface area (Å²) in [4.78, 5) is 2.71. The zero-order valence-corrected chi connectivity index (χ0v) is 12.2. The number of rotatable bonds is 1. The van der Waals surface area contributed by atoms with E-state index in [9.17, 15) is 0 Å². The molecular formula is C17H26N2. The minimum Gasteiger partial charge on any atom is -0.398 e. The van der Waals surface area contributed by atoms with E-state index in [1.807, 2.05) is 6.07 Å². The molecule has 2 aliphatic rings. The van der Waals surface area contributed by atoms with E-state index in [0.717, 1.165) is 36.5 Å². The average Bonchev–Trinajstić information content (AvgIpc) is 2.41. The normalized spacial score (nSPS) is 32.0. The summed E-state index contributed by atoms with van der Waals surface area (Å²) in [5.41, 5.74) is 9.94. The van der Waals surface area contributed by atoms with Gasteiger partial charge in [0, 0.05) is 24.8 Å². The minimum atomic E-state index is 0.776. The maximum Gasteiger partial charge on any atom is 0.0350 e. The van der Waals surface area contributed by atoms with E-state index in [0.29, 0.717) is 0 Å². The summed E-state index contributed by atoms with van der Waals surface area (Å²) < 4.78 is 0. The first-order valence-corrected chi connectivity index (χ1v) is 7.75. The van der Waals surface area contributed by atoms with E-state index in [4.69, 9.17) is 5.73 Å². The van der Waals surface area contributed by atoms with Gasteiger partial charge >= 0.3 is 0 Å². The van der Waals surface area contributed by atoms with Crippen molar-refractivity contribution < 1.29 is 0 Å². The molecule has 1 aromatic rings. The van der Waals surface area contributed by atoms with Crippen molar-refractivity contribution in [3.8, 4) is 0 Å². The summed E-state index contributed by atoms with van der Waals surface area (Å²) in [6.07, 6.45) is 5.31. The Kier molecular flexibility index (Phi) is 3.53. The molecule has 1 aliphatic heterocycles. The molecule has 3 unspecified atom stereocenters. The van der Waals surface area contributed by atoms with Crippen LogP contribution in [-0.4, -0.2) is 17.5 Å². The second kappa shape index (κ2) is 5.16. The topological polar surface area (TPSA) is 29.3 Å². The second-order valence-corrected chi connectivity index (χ2v) is 6.67. The van der Waals surface area contributed by atoms with Crippen LogP contribution in [0, 0.1) is 11.8 Å². The van der Waals surface area contributed by atoms with Crippen LogP contribution in [0.15, 0.2) is 18.2 Å². The summed E-state index contributed by atoms with van der Waals surface area (Å²) >= 11 is 0. The number of nitrogens with two attached hydrogens (primary N) is 1. The summed E-state index contributed by atoms with van der Waals surface area (Å²) in [5, 5.41) is 0. The van der Waals surface area contributed by atoms with Crippen molar-refractivity contribution in [1.82, 2.24) is 4.90 Å². The Balaban J connectivity index is 1.78. The molecule has 2 nitrogen and oxygen atoms in total. The molecule has 3 rings (SSSR count). The number of nitrogen functional groups attached to an aromatic ring is 1. The maximum absolute atomic E-state index is 6.10. The molecule has 1 aliphatic carbocycles. The van der Waals surface area contributed by atoms with Gasteiger partial charge in [-0.2, -0.15) is 0 Å². The highest BCUT2D eigenvalue weighted by Crippen LogP contribution is 2.35. The molecule has 0 aromatic heterocycles. The third-order valence-corrected chi connectivity index (χ3v) is 5.22. The lowest BCUT2D eigenvalue weighted by atomic mass is 9.78. The van der Waals surface area contributed by atoms with Crippen LogP contribution in [-0.2, 0) is 13.0 Å². The van der Waals surface area contributed by atoms with E-state index in [2.05, 4.69) is 30.9 Å². The number of nitrogens with zero attached hydrogens (tertiary/aromatic N) is 1. The Labute approximate surface area is 117 Å². The molecule has 0 bridgehead atoms. The molecule has 0 saturated heterocycles. The van der Waals surface area contributed by atoms with Crippen molar-refractivity contribution in [3.63, 3.8) is 0 Å². The Morgan fingerprint density at radius 3 is 2.89 bits per heavy atom. The van der Waals surface area contributed by atoms with Crippen LogP contribution >= 0.6 is 0 Å². The van der Waals surface area contributed by atoms with E-state index in [-0.39, 0.29) is 0 Å². The van der Waals surface area contributed by atoms with Gasteiger partial charge in [0.1, 0.15) is 0 Å². The Morgan fingerprint density at radius 2 is 2.05 bits per heavy atom. The van der Waals surface area contributed by atoms with Gasteiger partial charge in [0.15, 0.2) is 0 Å². The zero-order valence-electron chi connectivity index (χ0n) is 12.2. The molecule has 104 valence electrons. The Morgan fingerprint density at radius 1 is 1.21 bits per heavy atom. The number of benzene rings is 1. The minimum absolute atomic E-state index is 0.776. The van der Waals surface area contributed by atoms with Crippen LogP contribution in [0.2, 0.25) is 0 Å². The maximum atomic E-state index is 6.10. The van der Waals surface area contributed by atoms with Gasteiger partial charge in [-0.05, 0) is 48.3 Å². The Bertz CT molecular complexity index is 455. The monoisotopic (exact) mass is 258 g/mol. The van der Waals surface area contributed by atoms with Crippen LogP contribution in [0.4, 0.5) is 5.69 Å². The highest BCUT2D eigenvalue weighted by molar-refractivity contribution is 5.51. The largest absolute Gasteiger partial charge is 0.398 e. The molecule has 0 radical (unpaired) electrons.